The second-order valence-corrected chi connectivity index (χ2v) is 10.9. The van der Waals surface area contributed by atoms with Crippen LogP contribution in [0.1, 0.15) is 45.2 Å². The number of aromatic hydroxyl groups is 1. The third-order valence-electron chi connectivity index (χ3n) is 7.50. The van der Waals surface area contributed by atoms with Gasteiger partial charge in [0.25, 0.3) is 11.8 Å². The first-order valence-corrected chi connectivity index (χ1v) is 14.6. The topological polar surface area (TPSA) is 166 Å². The lowest BCUT2D eigenvalue weighted by Gasteiger charge is -2.31. The second-order valence-electron chi connectivity index (χ2n) is 10.4. The van der Waals surface area contributed by atoms with E-state index in [0.29, 0.717) is 16.5 Å². The number of hydroxylamine groups is 1. The molecule has 2 unspecified atom stereocenters. The summed E-state index contributed by atoms with van der Waals surface area (Å²) in [5, 5.41) is 16.3. The van der Waals surface area contributed by atoms with E-state index in [0.717, 1.165) is 16.8 Å². The summed E-state index contributed by atoms with van der Waals surface area (Å²) < 4.78 is 5.53. The first-order chi connectivity index (χ1) is 21.7. The highest BCUT2D eigenvalue weighted by atomic mass is 35.5. The average Bonchev–Trinajstić information content (AvgIpc) is 3.36. The number of amides is 3. The van der Waals surface area contributed by atoms with Gasteiger partial charge in [-0.05, 0) is 55.5 Å². The first kappa shape index (κ1) is 31.7. The van der Waals surface area contributed by atoms with Crippen molar-refractivity contribution in [1.29, 1.82) is 0 Å². The zero-order chi connectivity index (χ0) is 32.1. The van der Waals surface area contributed by atoms with Crippen molar-refractivity contribution in [3.05, 3.63) is 87.9 Å². The van der Waals surface area contributed by atoms with Crippen molar-refractivity contribution in [2.75, 3.05) is 32.2 Å². The van der Waals surface area contributed by atoms with Crippen LogP contribution in [0.2, 0.25) is 5.02 Å². The van der Waals surface area contributed by atoms with Gasteiger partial charge in [0.15, 0.2) is 0 Å². The highest BCUT2D eigenvalue weighted by Gasteiger charge is 2.40. The molecule has 0 spiro atoms. The van der Waals surface area contributed by atoms with Gasteiger partial charge < -0.3 is 25.4 Å². The van der Waals surface area contributed by atoms with Gasteiger partial charge in [0.05, 0.1) is 44.1 Å². The number of phenols is 1. The molecule has 0 bridgehead atoms. The van der Waals surface area contributed by atoms with Gasteiger partial charge in [0.1, 0.15) is 17.7 Å². The van der Waals surface area contributed by atoms with E-state index in [-0.39, 0.29) is 54.6 Å². The number of fused-ring (bicyclic) bond motifs is 3. The molecule has 14 heteroatoms. The molecule has 3 amide bonds. The van der Waals surface area contributed by atoms with E-state index in [1.807, 2.05) is 37.3 Å². The van der Waals surface area contributed by atoms with Gasteiger partial charge in [-0.15, -0.1) is 0 Å². The van der Waals surface area contributed by atoms with E-state index in [1.54, 1.807) is 19.2 Å². The molecular weight excluding hydrogens is 602 g/mol. The van der Waals surface area contributed by atoms with Crippen LogP contribution in [-0.4, -0.2) is 74.2 Å². The number of nitrogens with zero attached hydrogens (tertiary/aromatic N) is 2. The molecule has 236 valence electrons. The number of hydrogen-bond donors (Lipinski definition) is 6. The second kappa shape index (κ2) is 13.9. The number of methoxy groups -OCH3 is 1. The fraction of sp³-hybridized carbons (Fsp3) is 0.290. The standard InChI is InChI=1S/C31H34ClN7O6/c1-17-36-37-29-24(16-27(41)33-12-13-34-30(42)19-6-10-22(26(40)14-19)31(43)38-45-3)35-28(18-4-7-20(32)8-5-18)23-15-21(44-2)9-11-25(23)39(17)29/h4-11,14-15,17,24,29,36-37,40H,12-13,16H2,1-3H3,(H,33,41)(H,34,42)(H,38,43)/t17?,24-,29?/m0/s1. The van der Waals surface area contributed by atoms with Crippen LogP contribution in [0.3, 0.4) is 0 Å². The summed E-state index contributed by atoms with van der Waals surface area (Å²) >= 11 is 6.18. The Labute approximate surface area is 264 Å². The van der Waals surface area contributed by atoms with Crippen molar-refractivity contribution in [3.63, 3.8) is 0 Å². The van der Waals surface area contributed by atoms with E-state index in [9.17, 15) is 19.5 Å². The Kier molecular flexibility index (Phi) is 9.83. The van der Waals surface area contributed by atoms with Crippen molar-refractivity contribution in [2.45, 2.75) is 31.7 Å². The number of rotatable bonds is 10. The Morgan fingerprint density at radius 3 is 2.44 bits per heavy atom. The molecular formula is C31H34ClN7O6. The van der Waals surface area contributed by atoms with Gasteiger partial charge in [-0.1, -0.05) is 23.7 Å². The molecule has 0 radical (unpaired) electrons. The number of benzene rings is 3. The van der Waals surface area contributed by atoms with Crippen LogP contribution < -0.4 is 36.6 Å². The molecule has 6 N–H and O–H groups in total. The van der Waals surface area contributed by atoms with Crippen LogP contribution in [0, 0.1) is 0 Å². The summed E-state index contributed by atoms with van der Waals surface area (Å²) in [6.07, 6.45) is -0.355. The van der Waals surface area contributed by atoms with Crippen LogP contribution in [-0.2, 0) is 9.63 Å². The zero-order valence-corrected chi connectivity index (χ0v) is 25.6. The summed E-state index contributed by atoms with van der Waals surface area (Å²) in [6.45, 7) is 2.33. The molecule has 3 aromatic carbocycles. The lowest BCUT2D eigenvalue weighted by atomic mass is 9.99. The van der Waals surface area contributed by atoms with Crippen molar-refractivity contribution in [1.82, 2.24) is 27.0 Å². The number of halogens is 1. The molecule has 5 rings (SSSR count). The molecule has 0 aromatic heterocycles. The summed E-state index contributed by atoms with van der Waals surface area (Å²) in [6, 6.07) is 16.7. The number of phenolic OH excluding ortho intramolecular Hbond substituents is 1. The smallest absolute Gasteiger partial charge is 0.278 e. The largest absolute Gasteiger partial charge is 0.507 e. The fourth-order valence-corrected chi connectivity index (χ4v) is 5.46. The van der Waals surface area contributed by atoms with E-state index in [1.165, 1.54) is 25.3 Å². The minimum absolute atomic E-state index is 0.0387. The van der Waals surface area contributed by atoms with E-state index >= 15 is 0 Å². The average molecular weight is 636 g/mol. The van der Waals surface area contributed by atoms with E-state index in [4.69, 9.17) is 21.3 Å². The normalized spacial score (nSPS) is 18.6. The summed E-state index contributed by atoms with van der Waals surface area (Å²) in [4.78, 5) is 49.5. The Morgan fingerprint density at radius 1 is 0.978 bits per heavy atom. The molecule has 3 aromatic rings. The number of nitrogens with one attached hydrogen (secondary N) is 5. The summed E-state index contributed by atoms with van der Waals surface area (Å²) in [7, 11) is 2.88. The van der Waals surface area contributed by atoms with Crippen LogP contribution >= 0.6 is 11.6 Å². The molecule has 2 aliphatic rings. The number of aliphatic imine (C=N–C) groups is 1. The van der Waals surface area contributed by atoms with Gasteiger partial charge in [-0.25, -0.2) is 16.3 Å². The SMILES string of the molecule is CONC(=O)c1ccc(C(=O)NCCNC(=O)C[C@@H]2N=C(c3ccc(Cl)cc3)c3cc(OC)ccc3N3C(C)NNC23)cc1O. The summed E-state index contributed by atoms with van der Waals surface area (Å²) in [5.41, 5.74) is 12.1. The number of ether oxygens (including phenoxy) is 1. The van der Waals surface area contributed by atoms with Crippen molar-refractivity contribution in [2.24, 2.45) is 4.99 Å². The van der Waals surface area contributed by atoms with Gasteiger partial charge in [-0.2, -0.15) is 0 Å². The number of hydrazine groups is 1. The van der Waals surface area contributed by atoms with E-state index in [2.05, 4.69) is 36.7 Å². The lowest BCUT2D eigenvalue weighted by Crippen LogP contribution is -2.48. The number of anilines is 1. The number of carbonyl (C=O) groups is 3. The van der Waals surface area contributed by atoms with E-state index < -0.39 is 17.9 Å². The van der Waals surface area contributed by atoms with Crippen LogP contribution in [0.4, 0.5) is 5.69 Å². The maximum absolute atomic E-state index is 13.2. The summed E-state index contributed by atoms with van der Waals surface area (Å²) in [5.74, 6) is -1.05. The Morgan fingerprint density at radius 2 is 1.73 bits per heavy atom. The lowest BCUT2D eigenvalue weighted by molar-refractivity contribution is -0.121. The molecule has 2 heterocycles. The number of carbonyl (C=O) groups excluding carboxylic acids is 3. The van der Waals surface area contributed by atoms with Gasteiger partial charge in [0, 0.05) is 40.5 Å². The highest BCUT2D eigenvalue weighted by molar-refractivity contribution is 6.30. The van der Waals surface area contributed by atoms with Crippen molar-refractivity contribution < 1.29 is 29.1 Å². The third kappa shape index (κ3) is 7.02. The molecule has 1 fully saturated rings. The fourth-order valence-electron chi connectivity index (χ4n) is 5.34. The van der Waals surface area contributed by atoms with Gasteiger partial charge >= 0.3 is 0 Å². The first-order valence-electron chi connectivity index (χ1n) is 14.2. The molecule has 3 atom stereocenters. The highest BCUT2D eigenvalue weighted by Crippen LogP contribution is 2.36. The maximum Gasteiger partial charge on any atom is 0.278 e. The zero-order valence-electron chi connectivity index (χ0n) is 24.9. The van der Waals surface area contributed by atoms with Crippen molar-refractivity contribution in [3.8, 4) is 11.5 Å². The van der Waals surface area contributed by atoms with Crippen LogP contribution in [0.25, 0.3) is 0 Å². The molecule has 1 saturated heterocycles. The maximum atomic E-state index is 13.2. The third-order valence-corrected chi connectivity index (χ3v) is 7.75. The Balaban J connectivity index is 1.28. The Bertz CT molecular complexity index is 1620. The molecule has 2 aliphatic heterocycles. The predicted molar refractivity (Wildman–Crippen MR) is 168 cm³/mol. The molecule has 0 aliphatic carbocycles. The monoisotopic (exact) mass is 635 g/mol. The molecule has 13 nitrogen and oxygen atoms in total. The minimum atomic E-state index is -0.646. The van der Waals surface area contributed by atoms with Crippen LogP contribution in [0.15, 0.2) is 65.7 Å². The Hall–Kier alpha value is -4.69. The molecule has 0 saturated carbocycles. The minimum Gasteiger partial charge on any atom is -0.507 e. The molecule has 45 heavy (non-hydrogen) atoms. The quantitative estimate of drug-likeness (QED) is 0.144. The predicted octanol–water partition coefficient (Wildman–Crippen LogP) is 2.09. The van der Waals surface area contributed by atoms with Crippen molar-refractivity contribution >= 4 is 40.7 Å². The number of hydrogen-bond acceptors (Lipinski definition) is 10. The van der Waals surface area contributed by atoms with Gasteiger partial charge in [0.2, 0.25) is 5.91 Å². The van der Waals surface area contributed by atoms with Crippen LogP contribution in [0.5, 0.6) is 11.5 Å². The van der Waals surface area contributed by atoms with Gasteiger partial charge in [-0.3, -0.25) is 24.2 Å².